The topological polar surface area (TPSA) is 55.5 Å². The summed E-state index contributed by atoms with van der Waals surface area (Å²) in [5, 5.41) is 9.08. The number of hydrogen-bond donors (Lipinski definition) is 2. The minimum atomic E-state index is -0.286. The van der Waals surface area contributed by atoms with Crippen LogP contribution in [0.15, 0.2) is 12.1 Å². The number of nitrogens with two attached hydrogens (primary N) is 1. The Morgan fingerprint density at radius 2 is 2.36 bits per heavy atom. The predicted molar refractivity (Wildman–Crippen MR) is 54.4 cm³/mol. The van der Waals surface area contributed by atoms with Gasteiger partial charge in [0.25, 0.3) is 0 Å². The van der Waals surface area contributed by atoms with Crippen LogP contribution < -0.4 is 10.5 Å². The molecule has 1 atom stereocenters. The summed E-state index contributed by atoms with van der Waals surface area (Å²) in [6.45, 7) is 2.73. The number of aliphatic hydroxyl groups is 1. The largest absolute Gasteiger partial charge is 0.493 e. The fourth-order valence-corrected chi connectivity index (χ4v) is 2.03. The minimum absolute atomic E-state index is 0.0166. The highest BCUT2D eigenvalue weighted by atomic mass is 16.5. The molecule has 0 spiro atoms. The van der Waals surface area contributed by atoms with E-state index in [1.165, 1.54) is 5.56 Å². The minimum Gasteiger partial charge on any atom is -0.493 e. The molecule has 3 N–H and O–H groups in total. The lowest BCUT2D eigenvalue weighted by molar-refractivity contribution is 0.267. The van der Waals surface area contributed by atoms with Crippen molar-refractivity contribution in [3.8, 4) is 5.75 Å². The van der Waals surface area contributed by atoms with Crippen molar-refractivity contribution in [1.82, 2.24) is 0 Å². The van der Waals surface area contributed by atoms with Crippen LogP contribution in [-0.4, -0.2) is 18.3 Å². The molecule has 1 heterocycles. The van der Waals surface area contributed by atoms with Crippen LogP contribution in [0.3, 0.4) is 0 Å². The molecule has 1 aromatic rings. The van der Waals surface area contributed by atoms with E-state index in [0.717, 1.165) is 29.9 Å². The third kappa shape index (κ3) is 1.38. The van der Waals surface area contributed by atoms with Crippen LogP contribution in [0.4, 0.5) is 0 Å². The van der Waals surface area contributed by atoms with Gasteiger partial charge in [0.15, 0.2) is 0 Å². The van der Waals surface area contributed by atoms with Crippen molar-refractivity contribution in [2.24, 2.45) is 5.73 Å². The summed E-state index contributed by atoms with van der Waals surface area (Å²) >= 11 is 0. The van der Waals surface area contributed by atoms with Crippen LogP contribution in [0, 0.1) is 6.92 Å². The second kappa shape index (κ2) is 3.59. The van der Waals surface area contributed by atoms with Crippen LogP contribution in [0.5, 0.6) is 5.75 Å². The molecule has 1 aliphatic heterocycles. The van der Waals surface area contributed by atoms with Gasteiger partial charge in [0.1, 0.15) is 5.75 Å². The molecule has 1 aromatic carbocycles. The highest BCUT2D eigenvalue weighted by Crippen LogP contribution is 2.33. The Morgan fingerprint density at radius 1 is 1.57 bits per heavy atom. The zero-order chi connectivity index (χ0) is 10.1. The molecule has 0 aromatic heterocycles. The van der Waals surface area contributed by atoms with Gasteiger partial charge >= 0.3 is 0 Å². The third-order valence-electron chi connectivity index (χ3n) is 2.71. The van der Waals surface area contributed by atoms with Crippen molar-refractivity contribution >= 4 is 0 Å². The van der Waals surface area contributed by atoms with E-state index in [9.17, 15) is 0 Å². The molecule has 0 aliphatic carbocycles. The average molecular weight is 193 g/mol. The molecule has 1 aliphatic rings. The van der Waals surface area contributed by atoms with Gasteiger partial charge in [0.2, 0.25) is 0 Å². The second-order valence-corrected chi connectivity index (χ2v) is 3.66. The lowest BCUT2D eigenvalue weighted by atomic mass is 9.94. The molecular formula is C11H15NO2. The van der Waals surface area contributed by atoms with E-state index < -0.39 is 0 Å². The molecule has 0 saturated carbocycles. The second-order valence-electron chi connectivity index (χ2n) is 3.66. The Morgan fingerprint density at radius 3 is 3.07 bits per heavy atom. The Hall–Kier alpha value is -1.06. The first-order valence-corrected chi connectivity index (χ1v) is 4.85. The molecule has 3 nitrogen and oxygen atoms in total. The first kappa shape index (κ1) is 9.49. The van der Waals surface area contributed by atoms with Gasteiger partial charge < -0.3 is 15.6 Å². The Bertz CT molecular complexity index is 349. The summed E-state index contributed by atoms with van der Waals surface area (Å²) in [5.74, 6) is 0.925. The number of ether oxygens (including phenoxy) is 1. The Kier molecular flexibility index (Phi) is 2.44. The molecule has 3 heteroatoms. The standard InChI is InChI=1S/C11H15NO2/c1-7-2-3-10-8(4-5-14-10)11(7)9(12)6-13/h2-3,9,13H,4-6,12H2,1H3. The van der Waals surface area contributed by atoms with Gasteiger partial charge in [-0.2, -0.15) is 0 Å². The maximum absolute atomic E-state index is 9.08. The van der Waals surface area contributed by atoms with E-state index in [2.05, 4.69) is 0 Å². The first-order valence-electron chi connectivity index (χ1n) is 4.85. The summed E-state index contributed by atoms with van der Waals surface area (Å²) in [6.07, 6.45) is 0.903. The number of benzene rings is 1. The van der Waals surface area contributed by atoms with E-state index >= 15 is 0 Å². The zero-order valence-corrected chi connectivity index (χ0v) is 8.29. The predicted octanol–water partition coefficient (Wildman–Crippen LogP) is 0.922. The monoisotopic (exact) mass is 193 g/mol. The summed E-state index contributed by atoms with van der Waals surface area (Å²) in [6, 6.07) is 3.69. The molecular weight excluding hydrogens is 178 g/mol. The molecule has 1 unspecified atom stereocenters. The zero-order valence-electron chi connectivity index (χ0n) is 8.29. The summed E-state index contributed by atoms with van der Waals surface area (Å²) in [4.78, 5) is 0. The molecule has 0 bridgehead atoms. The number of aliphatic hydroxyl groups excluding tert-OH is 1. The molecule has 76 valence electrons. The van der Waals surface area contributed by atoms with Gasteiger partial charge in [0.05, 0.1) is 19.3 Å². The van der Waals surface area contributed by atoms with E-state index in [1.54, 1.807) is 0 Å². The lowest BCUT2D eigenvalue weighted by Gasteiger charge is -2.15. The van der Waals surface area contributed by atoms with Gasteiger partial charge in [-0.3, -0.25) is 0 Å². The van der Waals surface area contributed by atoms with E-state index in [1.807, 2.05) is 19.1 Å². The summed E-state index contributed by atoms with van der Waals surface area (Å²) in [7, 11) is 0. The number of rotatable bonds is 2. The van der Waals surface area contributed by atoms with Crippen LogP contribution in [-0.2, 0) is 6.42 Å². The van der Waals surface area contributed by atoms with Crippen molar-refractivity contribution in [3.05, 3.63) is 28.8 Å². The van der Waals surface area contributed by atoms with Crippen LogP contribution in [0.1, 0.15) is 22.7 Å². The fourth-order valence-electron chi connectivity index (χ4n) is 2.03. The van der Waals surface area contributed by atoms with E-state index in [4.69, 9.17) is 15.6 Å². The average Bonchev–Trinajstić information content (AvgIpc) is 2.64. The SMILES string of the molecule is Cc1ccc2c(c1C(N)CO)CCO2. The summed E-state index contributed by atoms with van der Waals surface area (Å²) < 4.78 is 5.45. The first-order chi connectivity index (χ1) is 6.74. The highest BCUT2D eigenvalue weighted by Gasteiger charge is 2.20. The number of fused-ring (bicyclic) bond motifs is 1. The van der Waals surface area contributed by atoms with Crippen molar-refractivity contribution in [2.75, 3.05) is 13.2 Å². The maximum atomic E-state index is 9.08. The van der Waals surface area contributed by atoms with Crippen molar-refractivity contribution in [3.63, 3.8) is 0 Å². The number of aryl methyl sites for hydroxylation is 1. The van der Waals surface area contributed by atoms with E-state index in [-0.39, 0.29) is 12.6 Å². The van der Waals surface area contributed by atoms with Crippen molar-refractivity contribution in [1.29, 1.82) is 0 Å². The van der Waals surface area contributed by atoms with Gasteiger partial charge in [-0.25, -0.2) is 0 Å². The van der Waals surface area contributed by atoms with Crippen LogP contribution in [0.25, 0.3) is 0 Å². The van der Waals surface area contributed by atoms with Gasteiger partial charge in [0, 0.05) is 12.0 Å². The van der Waals surface area contributed by atoms with Crippen molar-refractivity contribution in [2.45, 2.75) is 19.4 Å². The van der Waals surface area contributed by atoms with E-state index in [0.29, 0.717) is 0 Å². The highest BCUT2D eigenvalue weighted by molar-refractivity contribution is 5.48. The molecule has 0 radical (unpaired) electrons. The molecule has 2 rings (SSSR count). The normalized spacial score (nSPS) is 16.2. The van der Waals surface area contributed by atoms with Crippen LogP contribution in [0.2, 0.25) is 0 Å². The van der Waals surface area contributed by atoms with Gasteiger partial charge in [-0.1, -0.05) is 6.07 Å². The van der Waals surface area contributed by atoms with Crippen LogP contribution >= 0.6 is 0 Å². The molecule has 14 heavy (non-hydrogen) atoms. The Balaban J connectivity index is 2.51. The molecule has 0 amide bonds. The maximum Gasteiger partial charge on any atom is 0.122 e. The smallest absolute Gasteiger partial charge is 0.122 e. The van der Waals surface area contributed by atoms with Gasteiger partial charge in [-0.05, 0) is 24.1 Å². The third-order valence-corrected chi connectivity index (χ3v) is 2.71. The lowest BCUT2D eigenvalue weighted by Crippen LogP contribution is -2.17. The molecule has 0 fully saturated rings. The molecule has 0 saturated heterocycles. The fraction of sp³-hybridized carbons (Fsp3) is 0.455. The van der Waals surface area contributed by atoms with Crippen molar-refractivity contribution < 1.29 is 9.84 Å². The Labute approximate surface area is 83.5 Å². The number of hydrogen-bond acceptors (Lipinski definition) is 3. The summed E-state index contributed by atoms with van der Waals surface area (Å²) in [5.41, 5.74) is 9.23. The quantitative estimate of drug-likeness (QED) is 0.734. The van der Waals surface area contributed by atoms with Gasteiger partial charge in [-0.15, -0.1) is 0 Å².